The van der Waals surface area contributed by atoms with Crippen molar-refractivity contribution in [3.63, 3.8) is 0 Å². The lowest BCUT2D eigenvalue weighted by atomic mass is 10.1. The summed E-state index contributed by atoms with van der Waals surface area (Å²) in [6, 6.07) is 11.7. The summed E-state index contributed by atoms with van der Waals surface area (Å²) in [5.41, 5.74) is 1.56. The van der Waals surface area contributed by atoms with Crippen LogP contribution in [0.15, 0.2) is 42.5 Å². The van der Waals surface area contributed by atoms with Gasteiger partial charge in [0, 0.05) is 23.2 Å². The number of fused-ring (bicyclic) bond motifs is 1. The highest BCUT2D eigenvalue weighted by molar-refractivity contribution is 6.35. The smallest absolute Gasteiger partial charge is 0.254 e. The number of rotatable bonds is 5. The zero-order chi connectivity index (χ0) is 18.0. The van der Waals surface area contributed by atoms with Gasteiger partial charge in [0.15, 0.2) is 0 Å². The highest BCUT2D eigenvalue weighted by Crippen LogP contribution is 2.35. The van der Waals surface area contributed by atoms with Crippen LogP contribution >= 0.6 is 23.2 Å². The van der Waals surface area contributed by atoms with Crippen LogP contribution in [-0.4, -0.2) is 25.0 Å². The Morgan fingerprint density at radius 1 is 1.24 bits per heavy atom. The Morgan fingerprint density at radius 3 is 2.72 bits per heavy atom. The molecule has 0 aromatic heterocycles. The third-order valence-electron chi connectivity index (χ3n) is 3.87. The summed E-state index contributed by atoms with van der Waals surface area (Å²) in [6.07, 6.45) is 0. The minimum atomic E-state index is -0.659. The number of nitrogens with one attached hydrogen (secondary N) is 1. The maximum atomic E-state index is 12.7. The molecule has 2 aromatic rings. The van der Waals surface area contributed by atoms with Crippen molar-refractivity contribution in [2.24, 2.45) is 0 Å². The predicted molar refractivity (Wildman–Crippen MR) is 97.3 cm³/mol. The summed E-state index contributed by atoms with van der Waals surface area (Å²) in [4.78, 5) is 25.7. The van der Waals surface area contributed by atoms with Crippen molar-refractivity contribution in [2.45, 2.75) is 13.0 Å². The van der Waals surface area contributed by atoms with Gasteiger partial charge >= 0.3 is 0 Å². The van der Waals surface area contributed by atoms with E-state index in [2.05, 4.69) is 5.32 Å². The first kappa shape index (κ1) is 17.6. The molecule has 5 nitrogen and oxygen atoms in total. The van der Waals surface area contributed by atoms with Crippen LogP contribution in [0.2, 0.25) is 10.0 Å². The minimum Gasteiger partial charge on any atom is -0.490 e. The Labute approximate surface area is 155 Å². The van der Waals surface area contributed by atoms with E-state index in [1.165, 1.54) is 6.92 Å². The van der Waals surface area contributed by atoms with Crippen LogP contribution < -0.4 is 15.0 Å². The Morgan fingerprint density at radius 2 is 2.00 bits per heavy atom. The number of para-hydroxylation sites is 1. The molecule has 1 aliphatic rings. The topological polar surface area (TPSA) is 58.6 Å². The number of benzene rings is 2. The van der Waals surface area contributed by atoms with Gasteiger partial charge in [-0.05, 0) is 24.3 Å². The predicted octanol–water partition coefficient (Wildman–Crippen LogP) is 3.60. The van der Waals surface area contributed by atoms with E-state index in [-0.39, 0.29) is 18.4 Å². The molecule has 1 atom stereocenters. The maximum absolute atomic E-state index is 12.7. The molecule has 0 fully saturated rings. The van der Waals surface area contributed by atoms with Gasteiger partial charge in [-0.3, -0.25) is 9.59 Å². The lowest BCUT2D eigenvalue weighted by molar-refractivity contribution is -0.126. The van der Waals surface area contributed by atoms with E-state index in [9.17, 15) is 9.59 Å². The molecule has 3 rings (SSSR count). The fourth-order valence-corrected chi connectivity index (χ4v) is 3.26. The third kappa shape index (κ3) is 3.72. The normalized spacial score (nSPS) is 15.9. The first-order chi connectivity index (χ1) is 12.0. The van der Waals surface area contributed by atoms with Gasteiger partial charge < -0.3 is 15.0 Å². The molecule has 2 amide bonds. The second-order valence-electron chi connectivity index (χ2n) is 5.61. The van der Waals surface area contributed by atoms with Crippen LogP contribution in [-0.2, 0) is 9.59 Å². The molecule has 0 saturated carbocycles. The highest BCUT2D eigenvalue weighted by Gasteiger charge is 2.37. The molecular weight excluding hydrogens is 363 g/mol. The Kier molecular flexibility index (Phi) is 5.16. The van der Waals surface area contributed by atoms with E-state index in [0.29, 0.717) is 22.3 Å². The van der Waals surface area contributed by atoms with Crippen molar-refractivity contribution in [3.8, 4) is 5.75 Å². The average Bonchev–Trinajstić information content (AvgIpc) is 2.82. The number of carbonyl (C=O) groups excluding carboxylic acids is 2. The van der Waals surface area contributed by atoms with Gasteiger partial charge in [0.25, 0.3) is 5.91 Å². The van der Waals surface area contributed by atoms with Crippen molar-refractivity contribution < 1.29 is 14.3 Å². The van der Waals surface area contributed by atoms with Gasteiger partial charge in [0.2, 0.25) is 5.91 Å². The third-order valence-corrected chi connectivity index (χ3v) is 4.40. The summed E-state index contributed by atoms with van der Waals surface area (Å²) < 4.78 is 5.66. The van der Waals surface area contributed by atoms with Gasteiger partial charge in [-0.1, -0.05) is 41.4 Å². The summed E-state index contributed by atoms with van der Waals surface area (Å²) in [7, 11) is 0. The maximum Gasteiger partial charge on any atom is 0.254 e. The van der Waals surface area contributed by atoms with Crippen molar-refractivity contribution in [3.05, 3.63) is 58.1 Å². The first-order valence-electron chi connectivity index (χ1n) is 7.72. The monoisotopic (exact) mass is 378 g/mol. The molecule has 0 spiro atoms. The lowest BCUT2D eigenvalue weighted by Crippen LogP contribution is -2.38. The van der Waals surface area contributed by atoms with Crippen LogP contribution in [0, 0.1) is 0 Å². The van der Waals surface area contributed by atoms with Crippen molar-refractivity contribution >= 4 is 40.7 Å². The molecule has 130 valence electrons. The molecule has 25 heavy (non-hydrogen) atoms. The zero-order valence-corrected chi connectivity index (χ0v) is 15.0. The fraction of sp³-hybridized carbons (Fsp3) is 0.222. The van der Waals surface area contributed by atoms with Crippen LogP contribution in [0.3, 0.4) is 0 Å². The molecule has 1 heterocycles. The first-order valence-corrected chi connectivity index (χ1v) is 8.48. The van der Waals surface area contributed by atoms with Gasteiger partial charge in [0.05, 0.1) is 11.6 Å². The lowest BCUT2D eigenvalue weighted by Gasteiger charge is -2.18. The number of ether oxygens (including phenoxy) is 1. The summed E-state index contributed by atoms with van der Waals surface area (Å²) in [6.45, 7) is 1.99. The van der Waals surface area contributed by atoms with E-state index in [1.54, 1.807) is 23.1 Å². The van der Waals surface area contributed by atoms with Gasteiger partial charge in [0.1, 0.15) is 18.4 Å². The van der Waals surface area contributed by atoms with Gasteiger partial charge in [-0.25, -0.2) is 0 Å². The SMILES string of the molecule is CC(=O)N[C@H]1C(=O)N(CCOc2ccc(Cl)cc2Cl)c2ccccc21. The molecule has 0 bridgehead atoms. The largest absolute Gasteiger partial charge is 0.490 e. The summed E-state index contributed by atoms with van der Waals surface area (Å²) in [5.74, 6) is 0.0748. The molecule has 2 aromatic carbocycles. The van der Waals surface area contributed by atoms with E-state index in [0.717, 1.165) is 11.3 Å². The fourth-order valence-electron chi connectivity index (χ4n) is 2.80. The second-order valence-corrected chi connectivity index (χ2v) is 6.45. The quantitative estimate of drug-likeness (QED) is 0.864. The van der Waals surface area contributed by atoms with Gasteiger partial charge in [-0.2, -0.15) is 0 Å². The van der Waals surface area contributed by atoms with Crippen LogP contribution in [0.25, 0.3) is 0 Å². The van der Waals surface area contributed by atoms with Crippen molar-refractivity contribution in [1.82, 2.24) is 5.32 Å². The Balaban J connectivity index is 1.72. The average molecular weight is 379 g/mol. The number of halogens is 2. The molecule has 0 saturated heterocycles. The number of hydrogen-bond donors (Lipinski definition) is 1. The van der Waals surface area contributed by atoms with E-state index < -0.39 is 6.04 Å². The van der Waals surface area contributed by atoms with Crippen LogP contribution in [0.4, 0.5) is 5.69 Å². The molecule has 1 aliphatic heterocycles. The number of hydrogen-bond acceptors (Lipinski definition) is 3. The molecule has 0 radical (unpaired) electrons. The number of amides is 2. The summed E-state index contributed by atoms with van der Waals surface area (Å²) >= 11 is 11.9. The van der Waals surface area contributed by atoms with E-state index >= 15 is 0 Å². The minimum absolute atomic E-state index is 0.179. The molecule has 1 N–H and O–H groups in total. The van der Waals surface area contributed by atoms with E-state index in [4.69, 9.17) is 27.9 Å². The summed E-state index contributed by atoms with van der Waals surface area (Å²) in [5, 5.41) is 3.64. The molecule has 7 heteroatoms. The number of anilines is 1. The van der Waals surface area contributed by atoms with Crippen LogP contribution in [0.5, 0.6) is 5.75 Å². The molecular formula is C18H16Cl2N2O3. The number of nitrogens with zero attached hydrogens (tertiary/aromatic N) is 1. The zero-order valence-electron chi connectivity index (χ0n) is 13.5. The molecule has 0 aliphatic carbocycles. The van der Waals surface area contributed by atoms with E-state index in [1.807, 2.05) is 24.3 Å². The second kappa shape index (κ2) is 7.33. The number of carbonyl (C=O) groups is 2. The Hall–Kier alpha value is -2.24. The van der Waals surface area contributed by atoms with Crippen molar-refractivity contribution in [1.29, 1.82) is 0 Å². The van der Waals surface area contributed by atoms with Gasteiger partial charge in [-0.15, -0.1) is 0 Å². The Bertz CT molecular complexity index is 826. The highest BCUT2D eigenvalue weighted by atomic mass is 35.5. The molecule has 0 unspecified atom stereocenters. The van der Waals surface area contributed by atoms with Crippen LogP contribution in [0.1, 0.15) is 18.5 Å². The standard InChI is InChI=1S/C18H16Cl2N2O3/c1-11(23)21-17-13-4-2-3-5-15(13)22(18(17)24)8-9-25-16-7-6-12(19)10-14(16)20/h2-7,10,17H,8-9H2,1H3,(H,21,23)/t17-/m1/s1. The van der Waals surface area contributed by atoms with Crippen molar-refractivity contribution in [2.75, 3.05) is 18.1 Å².